The second kappa shape index (κ2) is 6.65. The van der Waals surface area contributed by atoms with Gasteiger partial charge in [-0.1, -0.05) is 23.5 Å². The predicted octanol–water partition coefficient (Wildman–Crippen LogP) is 4.20. The number of benzene rings is 2. The summed E-state index contributed by atoms with van der Waals surface area (Å²) < 4.78 is 19.7. The van der Waals surface area contributed by atoms with Gasteiger partial charge in [0.1, 0.15) is 11.9 Å². The molecule has 7 heteroatoms. The molecule has 0 atom stereocenters. The van der Waals surface area contributed by atoms with E-state index < -0.39 is 0 Å². The zero-order chi connectivity index (χ0) is 17.4. The van der Waals surface area contributed by atoms with Gasteiger partial charge in [-0.3, -0.25) is 0 Å². The smallest absolute Gasteiger partial charge is 0.339 e. The SMILES string of the molecule is CSc1ccccc1C(=O)OC1CN(c2nc3ccc(F)cc3s2)C1. The lowest BCUT2D eigenvalue weighted by atomic mass is 10.2. The molecule has 0 spiro atoms. The van der Waals surface area contributed by atoms with Gasteiger partial charge in [-0.2, -0.15) is 0 Å². The van der Waals surface area contributed by atoms with E-state index in [9.17, 15) is 9.18 Å². The molecule has 4 rings (SSSR count). The molecule has 0 N–H and O–H groups in total. The number of esters is 1. The summed E-state index contributed by atoms with van der Waals surface area (Å²) in [6.07, 6.45) is 1.79. The second-order valence-corrected chi connectivity index (χ2v) is 7.60. The van der Waals surface area contributed by atoms with Crippen LogP contribution in [0.25, 0.3) is 10.2 Å². The van der Waals surface area contributed by atoms with Gasteiger partial charge in [0.2, 0.25) is 0 Å². The first kappa shape index (κ1) is 16.4. The zero-order valence-electron chi connectivity index (χ0n) is 13.4. The Bertz CT molecular complexity index is 938. The monoisotopic (exact) mass is 374 g/mol. The molecule has 0 amide bonds. The first-order valence-corrected chi connectivity index (χ1v) is 9.83. The Labute approximate surface area is 152 Å². The highest BCUT2D eigenvalue weighted by molar-refractivity contribution is 7.98. The van der Waals surface area contributed by atoms with Gasteiger partial charge >= 0.3 is 5.97 Å². The van der Waals surface area contributed by atoms with Gasteiger partial charge in [0, 0.05) is 4.90 Å². The van der Waals surface area contributed by atoms with Crippen molar-refractivity contribution in [1.29, 1.82) is 0 Å². The van der Waals surface area contributed by atoms with E-state index in [1.54, 1.807) is 12.1 Å². The second-order valence-electron chi connectivity index (χ2n) is 5.74. The minimum atomic E-state index is -0.291. The molecule has 0 aliphatic carbocycles. The fourth-order valence-corrected chi connectivity index (χ4v) is 4.31. The maximum Gasteiger partial charge on any atom is 0.339 e. The number of carbonyl (C=O) groups excluding carboxylic acids is 1. The lowest BCUT2D eigenvalue weighted by molar-refractivity contribution is 0.0230. The molecule has 4 nitrogen and oxygen atoms in total. The van der Waals surface area contributed by atoms with Gasteiger partial charge in [0.25, 0.3) is 0 Å². The molecule has 3 aromatic rings. The van der Waals surface area contributed by atoms with Crippen molar-refractivity contribution in [3.05, 3.63) is 53.8 Å². The van der Waals surface area contributed by atoms with Crippen molar-refractivity contribution in [3.8, 4) is 0 Å². The van der Waals surface area contributed by atoms with Crippen molar-refractivity contribution >= 4 is 44.4 Å². The van der Waals surface area contributed by atoms with E-state index in [0.29, 0.717) is 18.7 Å². The van der Waals surface area contributed by atoms with Gasteiger partial charge in [-0.15, -0.1) is 11.8 Å². The van der Waals surface area contributed by atoms with Crippen molar-refractivity contribution in [2.75, 3.05) is 24.2 Å². The lowest BCUT2D eigenvalue weighted by Gasteiger charge is -2.38. The maximum atomic E-state index is 13.3. The molecule has 0 saturated carbocycles. The van der Waals surface area contributed by atoms with Crippen molar-refractivity contribution in [2.45, 2.75) is 11.0 Å². The van der Waals surface area contributed by atoms with Crippen LogP contribution < -0.4 is 4.90 Å². The van der Waals surface area contributed by atoms with Crippen LogP contribution in [0.5, 0.6) is 0 Å². The summed E-state index contributed by atoms with van der Waals surface area (Å²) in [7, 11) is 0. The van der Waals surface area contributed by atoms with E-state index in [1.165, 1.54) is 35.2 Å². The van der Waals surface area contributed by atoms with E-state index in [-0.39, 0.29) is 17.9 Å². The van der Waals surface area contributed by atoms with Crippen LogP contribution in [-0.4, -0.2) is 36.4 Å². The number of hydrogen-bond acceptors (Lipinski definition) is 6. The summed E-state index contributed by atoms with van der Waals surface area (Å²) in [6, 6.07) is 12.0. The standard InChI is InChI=1S/C18H15FN2O2S2/c1-24-15-5-3-2-4-13(15)17(22)23-12-9-21(10-12)18-20-14-7-6-11(19)8-16(14)25-18/h2-8,12H,9-10H2,1H3. The van der Waals surface area contributed by atoms with E-state index in [1.807, 2.05) is 29.4 Å². The molecular formula is C18H15FN2O2S2. The molecule has 25 heavy (non-hydrogen) atoms. The van der Waals surface area contributed by atoms with Crippen molar-refractivity contribution < 1.29 is 13.9 Å². The number of ether oxygens (including phenoxy) is 1. The van der Waals surface area contributed by atoms with Crippen LogP contribution in [0.4, 0.5) is 9.52 Å². The fraction of sp³-hybridized carbons (Fsp3) is 0.222. The van der Waals surface area contributed by atoms with E-state index >= 15 is 0 Å². The molecule has 0 bridgehead atoms. The summed E-state index contributed by atoms with van der Waals surface area (Å²) in [6.45, 7) is 1.21. The Morgan fingerprint density at radius 2 is 2.12 bits per heavy atom. The molecule has 1 saturated heterocycles. The highest BCUT2D eigenvalue weighted by Gasteiger charge is 2.32. The van der Waals surface area contributed by atoms with Crippen molar-refractivity contribution in [1.82, 2.24) is 4.98 Å². The van der Waals surface area contributed by atoms with Crippen LogP contribution in [-0.2, 0) is 4.74 Å². The van der Waals surface area contributed by atoms with Crippen LogP contribution in [0.2, 0.25) is 0 Å². The number of carbonyl (C=O) groups is 1. The Morgan fingerprint density at radius 1 is 1.32 bits per heavy atom. The van der Waals surface area contributed by atoms with Gasteiger partial charge in [0.15, 0.2) is 5.13 Å². The molecule has 2 aromatic carbocycles. The number of aromatic nitrogens is 1. The summed E-state index contributed by atoms with van der Waals surface area (Å²) in [5, 5.41) is 0.831. The van der Waals surface area contributed by atoms with Crippen LogP contribution in [0, 0.1) is 5.82 Å². The van der Waals surface area contributed by atoms with E-state index in [0.717, 1.165) is 20.2 Å². The topological polar surface area (TPSA) is 42.4 Å². The predicted molar refractivity (Wildman–Crippen MR) is 99.2 cm³/mol. The third-order valence-electron chi connectivity index (χ3n) is 4.06. The molecule has 1 aromatic heterocycles. The van der Waals surface area contributed by atoms with Gasteiger partial charge in [-0.25, -0.2) is 14.2 Å². The van der Waals surface area contributed by atoms with Crippen molar-refractivity contribution in [2.24, 2.45) is 0 Å². The van der Waals surface area contributed by atoms with Gasteiger partial charge < -0.3 is 9.64 Å². The molecular weight excluding hydrogens is 359 g/mol. The minimum Gasteiger partial charge on any atom is -0.455 e. The molecule has 1 fully saturated rings. The first-order chi connectivity index (χ1) is 12.1. The molecule has 1 aliphatic heterocycles. The highest BCUT2D eigenvalue weighted by Crippen LogP contribution is 2.32. The number of thiazole rings is 1. The fourth-order valence-electron chi connectivity index (χ4n) is 2.72. The Kier molecular flexibility index (Phi) is 4.35. The van der Waals surface area contributed by atoms with Crippen LogP contribution in [0.3, 0.4) is 0 Å². The number of nitrogens with zero attached hydrogens (tertiary/aromatic N) is 2. The van der Waals surface area contributed by atoms with E-state index in [4.69, 9.17) is 4.74 Å². The first-order valence-electron chi connectivity index (χ1n) is 7.79. The number of anilines is 1. The largest absolute Gasteiger partial charge is 0.455 e. The average molecular weight is 374 g/mol. The number of halogens is 1. The molecule has 1 aliphatic rings. The number of thioether (sulfide) groups is 1. The van der Waals surface area contributed by atoms with Crippen molar-refractivity contribution in [3.63, 3.8) is 0 Å². The van der Waals surface area contributed by atoms with Crippen LogP contribution in [0.1, 0.15) is 10.4 Å². The Morgan fingerprint density at radius 3 is 2.92 bits per heavy atom. The van der Waals surface area contributed by atoms with Crippen LogP contribution >= 0.6 is 23.1 Å². The van der Waals surface area contributed by atoms with Crippen LogP contribution in [0.15, 0.2) is 47.4 Å². The highest BCUT2D eigenvalue weighted by atomic mass is 32.2. The number of fused-ring (bicyclic) bond motifs is 1. The maximum absolute atomic E-state index is 13.3. The summed E-state index contributed by atoms with van der Waals surface area (Å²) in [4.78, 5) is 19.8. The average Bonchev–Trinajstić information content (AvgIpc) is 2.99. The third-order valence-corrected chi connectivity index (χ3v) is 5.93. The molecule has 0 radical (unpaired) electrons. The summed E-state index contributed by atoms with van der Waals surface area (Å²) in [5.41, 5.74) is 1.39. The summed E-state index contributed by atoms with van der Waals surface area (Å²) >= 11 is 2.98. The molecule has 0 unspecified atom stereocenters. The lowest BCUT2D eigenvalue weighted by Crippen LogP contribution is -2.53. The van der Waals surface area contributed by atoms with Gasteiger partial charge in [0.05, 0.1) is 28.9 Å². The molecule has 2 heterocycles. The Hall–Kier alpha value is -2.12. The Balaban J connectivity index is 1.40. The summed E-state index contributed by atoms with van der Waals surface area (Å²) in [5.74, 6) is -0.549. The minimum absolute atomic E-state index is 0.147. The quantitative estimate of drug-likeness (QED) is 0.506. The normalized spacial score (nSPS) is 14.6. The van der Waals surface area contributed by atoms with E-state index in [2.05, 4.69) is 4.98 Å². The zero-order valence-corrected chi connectivity index (χ0v) is 15.1. The van der Waals surface area contributed by atoms with Gasteiger partial charge in [-0.05, 0) is 36.6 Å². The third kappa shape index (κ3) is 3.21. The molecule has 128 valence electrons. The number of rotatable bonds is 4. The number of hydrogen-bond donors (Lipinski definition) is 0.